The Labute approximate surface area is 135 Å². The molecule has 2 fully saturated rings. The number of carbonyl (C=O) groups excluding carboxylic acids is 1. The second-order valence-electron chi connectivity index (χ2n) is 6.76. The molecule has 3 atom stereocenters. The predicted molar refractivity (Wildman–Crippen MR) is 84.0 cm³/mol. The van der Waals surface area contributed by atoms with Gasteiger partial charge in [-0.05, 0) is 55.7 Å². The number of hydrogen-bond donors (Lipinski definition) is 2. The van der Waals surface area contributed by atoms with Gasteiger partial charge in [-0.3, -0.25) is 4.79 Å². The third-order valence-corrected chi connectivity index (χ3v) is 5.31. The number of piperidine rings is 1. The third kappa shape index (κ3) is 3.56. The summed E-state index contributed by atoms with van der Waals surface area (Å²) in [5.74, 6) is -0.409. The van der Waals surface area contributed by atoms with Crippen LogP contribution in [0.25, 0.3) is 0 Å². The highest BCUT2D eigenvalue weighted by Gasteiger charge is 2.36. The van der Waals surface area contributed by atoms with Crippen molar-refractivity contribution in [1.82, 2.24) is 4.90 Å². The lowest BCUT2D eigenvalue weighted by Crippen LogP contribution is -2.44. The molecule has 1 saturated carbocycles. The highest BCUT2D eigenvalue weighted by molar-refractivity contribution is 5.79. The highest BCUT2D eigenvalue weighted by Crippen LogP contribution is 2.33. The topological polar surface area (TPSA) is 60.8 Å². The normalized spacial score (nSPS) is 27.2. The Hall–Kier alpha value is -1.46. The van der Waals surface area contributed by atoms with Crippen molar-refractivity contribution in [2.24, 2.45) is 11.8 Å². The number of benzene rings is 1. The second-order valence-corrected chi connectivity index (χ2v) is 6.76. The molecule has 1 aromatic rings. The number of carbonyl (C=O) groups is 1. The van der Waals surface area contributed by atoms with E-state index < -0.39 is 12.2 Å². The lowest BCUT2D eigenvalue weighted by Gasteiger charge is -2.36. The Morgan fingerprint density at radius 2 is 1.78 bits per heavy atom. The van der Waals surface area contributed by atoms with Crippen LogP contribution in [0, 0.1) is 17.7 Å². The predicted octanol–water partition coefficient (Wildman–Crippen LogP) is 2.26. The van der Waals surface area contributed by atoms with Gasteiger partial charge in [-0.2, -0.15) is 0 Å². The zero-order chi connectivity index (χ0) is 16.4. The van der Waals surface area contributed by atoms with Crippen molar-refractivity contribution in [2.75, 3.05) is 13.1 Å². The van der Waals surface area contributed by atoms with Crippen LogP contribution >= 0.6 is 0 Å². The summed E-state index contributed by atoms with van der Waals surface area (Å²) in [5, 5.41) is 20.3. The quantitative estimate of drug-likeness (QED) is 0.898. The summed E-state index contributed by atoms with van der Waals surface area (Å²) >= 11 is 0. The standard InChI is InChI=1S/C18H24FNO3/c19-14-6-4-12(5-7-14)17(22)13-8-10-20(11-9-13)18(23)15-2-1-3-16(15)21/h4-7,13,15-17,21-22H,1-3,8-11H2. The molecular weight excluding hydrogens is 297 g/mol. The van der Waals surface area contributed by atoms with Gasteiger partial charge >= 0.3 is 0 Å². The minimum Gasteiger partial charge on any atom is -0.392 e. The number of halogens is 1. The van der Waals surface area contributed by atoms with Crippen LogP contribution < -0.4 is 0 Å². The van der Waals surface area contributed by atoms with Crippen LogP contribution in [-0.4, -0.2) is 40.2 Å². The first-order chi connectivity index (χ1) is 11.1. The molecule has 1 aliphatic heterocycles. The maximum absolute atomic E-state index is 13.0. The molecule has 1 aliphatic carbocycles. The van der Waals surface area contributed by atoms with E-state index in [-0.39, 0.29) is 23.6 Å². The third-order valence-electron chi connectivity index (χ3n) is 5.31. The highest BCUT2D eigenvalue weighted by atomic mass is 19.1. The Morgan fingerprint density at radius 3 is 2.35 bits per heavy atom. The Morgan fingerprint density at radius 1 is 1.13 bits per heavy atom. The van der Waals surface area contributed by atoms with E-state index >= 15 is 0 Å². The molecule has 1 heterocycles. The number of amides is 1. The molecule has 0 radical (unpaired) electrons. The van der Waals surface area contributed by atoms with Crippen molar-refractivity contribution in [3.63, 3.8) is 0 Å². The van der Waals surface area contributed by atoms with E-state index in [4.69, 9.17) is 0 Å². The molecule has 0 spiro atoms. The van der Waals surface area contributed by atoms with Crippen molar-refractivity contribution in [3.8, 4) is 0 Å². The summed E-state index contributed by atoms with van der Waals surface area (Å²) < 4.78 is 13.0. The van der Waals surface area contributed by atoms with Crippen molar-refractivity contribution in [3.05, 3.63) is 35.6 Å². The SMILES string of the molecule is O=C(C1CCCC1O)N1CCC(C(O)c2ccc(F)cc2)CC1. The zero-order valence-electron chi connectivity index (χ0n) is 13.2. The van der Waals surface area contributed by atoms with Gasteiger partial charge in [-0.25, -0.2) is 4.39 Å². The van der Waals surface area contributed by atoms with Gasteiger partial charge in [0.05, 0.1) is 18.1 Å². The molecule has 0 bridgehead atoms. The number of aliphatic hydroxyl groups is 2. The van der Waals surface area contributed by atoms with Crippen LogP contribution in [0.4, 0.5) is 4.39 Å². The summed E-state index contributed by atoms with van der Waals surface area (Å²) in [6.07, 6.45) is 2.75. The van der Waals surface area contributed by atoms with Gasteiger partial charge in [0.1, 0.15) is 5.82 Å². The molecule has 5 heteroatoms. The van der Waals surface area contributed by atoms with Crippen LogP contribution in [0.2, 0.25) is 0 Å². The van der Waals surface area contributed by atoms with Gasteiger partial charge < -0.3 is 15.1 Å². The van der Waals surface area contributed by atoms with Gasteiger partial charge in [0.15, 0.2) is 0 Å². The van der Waals surface area contributed by atoms with Gasteiger partial charge in [-0.15, -0.1) is 0 Å². The Bertz CT molecular complexity index is 540. The molecule has 3 rings (SSSR count). The molecule has 1 saturated heterocycles. The van der Waals surface area contributed by atoms with E-state index in [0.29, 0.717) is 13.1 Å². The smallest absolute Gasteiger partial charge is 0.228 e. The van der Waals surface area contributed by atoms with Gasteiger partial charge in [0.2, 0.25) is 5.91 Å². The van der Waals surface area contributed by atoms with E-state index in [1.165, 1.54) is 12.1 Å². The van der Waals surface area contributed by atoms with Crippen LogP contribution in [0.1, 0.15) is 43.8 Å². The molecule has 3 unspecified atom stereocenters. The number of hydrogen-bond acceptors (Lipinski definition) is 3. The summed E-state index contributed by atoms with van der Waals surface area (Å²) in [6, 6.07) is 5.95. The van der Waals surface area contributed by atoms with E-state index in [9.17, 15) is 19.4 Å². The van der Waals surface area contributed by atoms with Crippen molar-refractivity contribution < 1.29 is 19.4 Å². The molecule has 1 amide bonds. The molecule has 126 valence electrons. The van der Waals surface area contributed by atoms with E-state index in [1.54, 1.807) is 12.1 Å². The second kappa shape index (κ2) is 6.97. The largest absolute Gasteiger partial charge is 0.392 e. The molecule has 23 heavy (non-hydrogen) atoms. The number of rotatable bonds is 3. The average Bonchev–Trinajstić information content (AvgIpc) is 3.00. The number of likely N-dealkylation sites (tertiary alicyclic amines) is 1. The Kier molecular flexibility index (Phi) is 4.97. The van der Waals surface area contributed by atoms with Gasteiger partial charge in [0, 0.05) is 13.1 Å². The zero-order valence-corrected chi connectivity index (χ0v) is 13.2. The Balaban J connectivity index is 1.55. The minimum atomic E-state index is -0.620. The maximum atomic E-state index is 13.0. The minimum absolute atomic E-state index is 0.0599. The molecule has 4 nitrogen and oxygen atoms in total. The van der Waals surface area contributed by atoms with Crippen molar-refractivity contribution >= 4 is 5.91 Å². The monoisotopic (exact) mass is 321 g/mol. The first-order valence-corrected chi connectivity index (χ1v) is 8.46. The lowest BCUT2D eigenvalue weighted by molar-refractivity contribution is -0.140. The fourth-order valence-corrected chi connectivity index (χ4v) is 3.83. The fourth-order valence-electron chi connectivity index (χ4n) is 3.83. The van der Waals surface area contributed by atoms with E-state index in [2.05, 4.69) is 0 Å². The van der Waals surface area contributed by atoms with Crippen LogP contribution in [0.5, 0.6) is 0 Å². The number of nitrogens with zero attached hydrogens (tertiary/aromatic N) is 1. The van der Waals surface area contributed by atoms with E-state index in [0.717, 1.165) is 37.7 Å². The lowest BCUT2D eigenvalue weighted by atomic mass is 9.87. The van der Waals surface area contributed by atoms with Crippen LogP contribution in [0.3, 0.4) is 0 Å². The summed E-state index contributed by atoms with van der Waals surface area (Å²) in [6.45, 7) is 1.23. The fraction of sp³-hybridized carbons (Fsp3) is 0.611. The molecule has 2 N–H and O–H groups in total. The average molecular weight is 321 g/mol. The summed E-state index contributed by atoms with van der Waals surface area (Å²) in [5.41, 5.74) is 0.724. The van der Waals surface area contributed by atoms with Gasteiger partial charge in [0.25, 0.3) is 0 Å². The van der Waals surface area contributed by atoms with Crippen LogP contribution in [0.15, 0.2) is 24.3 Å². The van der Waals surface area contributed by atoms with E-state index in [1.807, 2.05) is 4.90 Å². The summed E-state index contributed by atoms with van der Waals surface area (Å²) in [4.78, 5) is 14.3. The van der Waals surface area contributed by atoms with Gasteiger partial charge in [-0.1, -0.05) is 12.1 Å². The van der Waals surface area contributed by atoms with Crippen molar-refractivity contribution in [1.29, 1.82) is 0 Å². The number of aliphatic hydroxyl groups excluding tert-OH is 2. The van der Waals surface area contributed by atoms with Crippen LogP contribution in [-0.2, 0) is 4.79 Å². The first kappa shape index (κ1) is 16.4. The van der Waals surface area contributed by atoms with Crippen molar-refractivity contribution in [2.45, 2.75) is 44.3 Å². The maximum Gasteiger partial charge on any atom is 0.228 e. The summed E-state index contributed by atoms with van der Waals surface area (Å²) in [7, 11) is 0. The molecule has 2 aliphatic rings. The molecular formula is C18H24FNO3. The molecule has 0 aromatic heterocycles. The molecule has 1 aromatic carbocycles. The first-order valence-electron chi connectivity index (χ1n) is 8.46.